The topological polar surface area (TPSA) is 40.5 Å². The van der Waals surface area contributed by atoms with E-state index in [9.17, 15) is 9.90 Å². The van der Waals surface area contributed by atoms with Crippen LogP contribution in [0.4, 0.5) is 0 Å². The fraction of sp³-hybridized carbons (Fsp3) is 0.367. The van der Waals surface area contributed by atoms with Crippen LogP contribution in [0.5, 0.6) is 0 Å². The molecule has 1 heterocycles. The number of hydrogen-bond acceptors (Lipinski definition) is 2. The molecule has 3 aromatic rings. The van der Waals surface area contributed by atoms with E-state index >= 15 is 0 Å². The Kier molecular flexibility index (Phi) is 7.37. The van der Waals surface area contributed by atoms with Gasteiger partial charge in [-0.3, -0.25) is 4.79 Å². The molecule has 0 aliphatic carbocycles. The summed E-state index contributed by atoms with van der Waals surface area (Å²) < 4.78 is 0.817. The standard InChI is InChI=1S/C30H36ClN2O2/c1-32(2)28(34)30(25-10-6-4-7-11-25,26-12-8-5-9-13-26)20-23-33(3)21-18-29(35,19-22-33)24-14-16-27(31)17-15-24/h4-17,35H,18-23H2,1-3H3/q+1. The number of likely N-dealkylation sites (N-methyl/N-ethyl adjacent to an activating group) is 1. The van der Waals surface area contributed by atoms with Crippen LogP contribution in [0, 0.1) is 0 Å². The molecular formula is C30H36ClN2O2+. The third kappa shape index (κ3) is 5.16. The molecule has 4 rings (SSSR count). The van der Waals surface area contributed by atoms with Crippen molar-refractivity contribution >= 4 is 17.5 Å². The number of amides is 1. The number of nitrogens with zero attached hydrogens (tertiary/aromatic N) is 2. The van der Waals surface area contributed by atoms with Crippen molar-refractivity contribution in [1.82, 2.24) is 4.90 Å². The van der Waals surface area contributed by atoms with Gasteiger partial charge in [0.1, 0.15) is 11.0 Å². The summed E-state index contributed by atoms with van der Waals surface area (Å²) in [6, 6.07) is 27.9. The van der Waals surface area contributed by atoms with Gasteiger partial charge in [0.15, 0.2) is 0 Å². The summed E-state index contributed by atoms with van der Waals surface area (Å²) in [6.45, 7) is 2.52. The number of halogens is 1. The molecule has 0 saturated carbocycles. The van der Waals surface area contributed by atoms with E-state index in [2.05, 4.69) is 31.3 Å². The minimum atomic E-state index is -0.836. The number of rotatable bonds is 7. The Labute approximate surface area is 214 Å². The quantitative estimate of drug-likeness (QED) is 0.459. The lowest BCUT2D eigenvalue weighted by Crippen LogP contribution is -2.56. The van der Waals surface area contributed by atoms with Crippen molar-refractivity contribution in [2.45, 2.75) is 30.3 Å². The maximum atomic E-state index is 13.9. The van der Waals surface area contributed by atoms with Crippen molar-refractivity contribution < 1.29 is 14.4 Å². The van der Waals surface area contributed by atoms with Gasteiger partial charge in [-0.1, -0.05) is 84.4 Å². The van der Waals surface area contributed by atoms with E-state index in [1.165, 1.54) is 0 Å². The minimum absolute atomic E-state index is 0.0937. The molecule has 1 aliphatic heterocycles. The molecule has 5 heteroatoms. The zero-order valence-electron chi connectivity index (χ0n) is 21.0. The summed E-state index contributed by atoms with van der Waals surface area (Å²) in [7, 11) is 5.93. The van der Waals surface area contributed by atoms with Crippen LogP contribution in [0.25, 0.3) is 0 Å². The first kappa shape index (κ1) is 25.4. The number of carbonyl (C=O) groups is 1. The maximum absolute atomic E-state index is 13.9. The summed E-state index contributed by atoms with van der Waals surface area (Å²) >= 11 is 6.06. The third-order valence-electron chi connectivity index (χ3n) is 7.84. The number of piperidine rings is 1. The fourth-order valence-corrected chi connectivity index (χ4v) is 5.62. The van der Waals surface area contributed by atoms with Crippen molar-refractivity contribution in [2.24, 2.45) is 0 Å². The molecular weight excluding hydrogens is 456 g/mol. The molecule has 1 saturated heterocycles. The molecule has 1 aliphatic rings. The first-order valence-electron chi connectivity index (χ1n) is 12.3. The molecule has 0 unspecified atom stereocenters. The molecule has 35 heavy (non-hydrogen) atoms. The van der Waals surface area contributed by atoms with Crippen molar-refractivity contribution in [1.29, 1.82) is 0 Å². The van der Waals surface area contributed by atoms with Gasteiger partial charge < -0.3 is 14.5 Å². The molecule has 0 radical (unpaired) electrons. The van der Waals surface area contributed by atoms with Gasteiger partial charge in [-0.25, -0.2) is 0 Å². The van der Waals surface area contributed by atoms with Crippen molar-refractivity contribution in [3.8, 4) is 0 Å². The molecule has 0 bridgehead atoms. The van der Waals surface area contributed by atoms with E-state index in [0.717, 1.165) is 40.8 Å². The van der Waals surface area contributed by atoms with Gasteiger partial charge in [0.25, 0.3) is 0 Å². The van der Waals surface area contributed by atoms with Gasteiger partial charge in [-0.2, -0.15) is 0 Å². The van der Waals surface area contributed by atoms with Crippen LogP contribution >= 0.6 is 11.6 Å². The van der Waals surface area contributed by atoms with Crippen LogP contribution in [0.15, 0.2) is 84.9 Å². The molecule has 184 valence electrons. The molecule has 4 nitrogen and oxygen atoms in total. The normalized spacial score (nSPS) is 22.5. The van der Waals surface area contributed by atoms with Crippen molar-refractivity contribution in [2.75, 3.05) is 40.8 Å². The zero-order chi connectivity index (χ0) is 25.1. The number of likely N-dealkylation sites (tertiary alicyclic amines) is 1. The highest BCUT2D eigenvalue weighted by Crippen LogP contribution is 2.40. The molecule has 0 spiro atoms. The highest BCUT2D eigenvalue weighted by atomic mass is 35.5. The second-order valence-electron chi connectivity index (χ2n) is 10.4. The highest BCUT2D eigenvalue weighted by molar-refractivity contribution is 6.30. The predicted molar refractivity (Wildman–Crippen MR) is 142 cm³/mol. The van der Waals surface area contributed by atoms with Crippen LogP contribution in [0.2, 0.25) is 5.02 Å². The lowest BCUT2D eigenvalue weighted by atomic mass is 9.70. The monoisotopic (exact) mass is 491 g/mol. The highest BCUT2D eigenvalue weighted by Gasteiger charge is 2.46. The summed E-state index contributed by atoms with van der Waals surface area (Å²) in [5, 5.41) is 12.1. The Bertz CT molecular complexity index is 1080. The zero-order valence-corrected chi connectivity index (χ0v) is 21.7. The van der Waals surface area contributed by atoms with E-state index in [4.69, 9.17) is 11.6 Å². The molecule has 3 aromatic carbocycles. The Morgan fingerprint density at radius 2 is 1.40 bits per heavy atom. The summed E-state index contributed by atoms with van der Waals surface area (Å²) in [6.07, 6.45) is 2.04. The van der Waals surface area contributed by atoms with Gasteiger partial charge in [-0.15, -0.1) is 0 Å². The second kappa shape index (κ2) is 10.1. The van der Waals surface area contributed by atoms with Gasteiger partial charge in [0, 0.05) is 38.4 Å². The number of benzene rings is 3. The Hall–Kier alpha value is -2.66. The number of carbonyl (C=O) groups excluding carboxylic acids is 1. The van der Waals surface area contributed by atoms with E-state index < -0.39 is 11.0 Å². The summed E-state index contributed by atoms with van der Waals surface area (Å²) in [5.74, 6) is 0.0937. The van der Waals surface area contributed by atoms with Gasteiger partial charge in [0.2, 0.25) is 5.91 Å². The van der Waals surface area contributed by atoms with Crippen LogP contribution in [-0.2, 0) is 15.8 Å². The van der Waals surface area contributed by atoms with Crippen LogP contribution in [0.1, 0.15) is 36.0 Å². The number of quaternary nitrogens is 1. The SMILES string of the molecule is CN(C)C(=O)C(CC[N+]1(C)CCC(O)(c2ccc(Cl)cc2)CC1)(c1ccccc1)c1ccccc1. The molecule has 1 amide bonds. The minimum Gasteiger partial charge on any atom is -0.385 e. The third-order valence-corrected chi connectivity index (χ3v) is 8.10. The Balaban J connectivity index is 1.62. The van der Waals surface area contributed by atoms with Crippen LogP contribution in [-0.4, -0.2) is 61.2 Å². The lowest BCUT2D eigenvalue weighted by Gasteiger charge is -2.46. The average Bonchev–Trinajstić information content (AvgIpc) is 2.88. The number of aliphatic hydroxyl groups is 1. The Morgan fingerprint density at radius 3 is 1.86 bits per heavy atom. The first-order valence-corrected chi connectivity index (χ1v) is 12.7. The van der Waals surface area contributed by atoms with E-state index in [0.29, 0.717) is 24.3 Å². The van der Waals surface area contributed by atoms with E-state index in [-0.39, 0.29) is 5.91 Å². The van der Waals surface area contributed by atoms with Gasteiger partial charge in [-0.05, 0) is 28.8 Å². The van der Waals surface area contributed by atoms with E-state index in [1.54, 1.807) is 4.90 Å². The second-order valence-corrected chi connectivity index (χ2v) is 10.9. The maximum Gasteiger partial charge on any atom is 0.237 e. The summed E-state index contributed by atoms with van der Waals surface area (Å²) in [5.41, 5.74) is 1.37. The van der Waals surface area contributed by atoms with Crippen LogP contribution < -0.4 is 0 Å². The van der Waals surface area contributed by atoms with Crippen molar-refractivity contribution in [3.63, 3.8) is 0 Å². The van der Waals surface area contributed by atoms with E-state index in [1.807, 2.05) is 74.8 Å². The van der Waals surface area contributed by atoms with Gasteiger partial charge in [0.05, 0.1) is 26.7 Å². The Morgan fingerprint density at radius 1 is 0.914 bits per heavy atom. The smallest absolute Gasteiger partial charge is 0.237 e. The van der Waals surface area contributed by atoms with Gasteiger partial charge >= 0.3 is 0 Å². The van der Waals surface area contributed by atoms with Crippen LogP contribution in [0.3, 0.4) is 0 Å². The first-order chi connectivity index (χ1) is 16.7. The molecule has 1 N–H and O–H groups in total. The summed E-state index contributed by atoms with van der Waals surface area (Å²) in [4.78, 5) is 15.6. The lowest BCUT2D eigenvalue weighted by molar-refractivity contribution is -0.917. The number of hydrogen-bond donors (Lipinski definition) is 1. The average molecular weight is 492 g/mol. The van der Waals surface area contributed by atoms with Crippen molar-refractivity contribution in [3.05, 3.63) is 107 Å². The fourth-order valence-electron chi connectivity index (χ4n) is 5.49. The molecule has 0 atom stereocenters. The largest absolute Gasteiger partial charge is 0.385 e. The molecule has 0 aromatic heterocycles. The molecule has 1 fully saturated rings. The predicted octanol–water partition coefficient (Wildman–Crippen LogP) is 5.23.